The number of rotatable bonds is 4. The first kappa shape index (κ1) is 12.0. The second-order valence-corrected chi connectivity index (χ2v) is 3.87. The van der Waals surface area contributed by atoms with E-state index in [1.807, 2.05) is 14.0 Å². The number of carbonyl (C=O) groups is 1. The molecule has 94 valence electrons. The summed E-state index contributed by atoms with van der Waals surface area (Å²) in [4.78, 5) is 15.1. The highest BCUT2D eigenvalue weighted by Gasteiger charge is 2.16. The van der Waals surface area contributed by atoms with Gasteiger partial charge in [0, 0.05) is 13.2 Å². The molecule has 18 heavy (non-hydrogen) atoms. The topological polar surface area (TPSA) is 92.9 Å². The zero-order chi connectivity index (χ0) is 13.1. The van der Waals surface area contributed by atoms with Gasteiger partial charge in [0.1, 0.15) is 17.7 Å². The van der Waals surface area contributed by atoms with Gasteiger partial charge in [0.15, 0.2) is 5.82 Å². The number of aromatic carboxylic acids is 1. The molecule has 2 aromatic heterocycles. The van der Waals surface area contributed by atoms with E-state index >= 15 is 0 Å². The molecule has 0 aliphatic rings. The summed E-state index contributed by atoms with van der Waals surface area (Å²) < 4.78 is 1.76. The SMILES string of the molecule is CC(Nc1ncccc1C(=O)O)c1nncn1C. The first-order valence-electron chi connectivity index (χ1n) is 5.38. The van der Waals surface area contributed by atoms with Crippen molar-refractivity contribution in [1.82, 2.24) is 19.7 Å². The van der Waals surface area contributed by atoms with E-state index in [0.717, 1.165) is 0 Å². The van der Waals surface area contributed by atoms with E-state index in [1.54, 1.807) is 17.0 Å². The normalized spacial score (nSPS) is 12.1. The molecule has 1 atom stereocenters. The van der Waals surface area contributed by atoms with Crippen molar-refractivity contribution in [2.24, 2.45) is 7.05 Å². The molecule has 0 aliphatic carbocycles. The number of carboxylic acids is 1. The zero-order valence-electron chi connectivity index (χ0n) is 10.0. The maximum Gasteiger partial charge on any atom is 0.339 e. The van der Waals surface area contributed by atoms with Gasteiger partial charge in [0.25, 0.3) is 0 Å². The molecule has 0 saturated carbocycles. The molecule has 0 bridgehead atoms. The number of anilines is 1. The van der Waals surface area contributed by atoms with E-state index in [2.05, 4.69) is 20.5 Å². The second-order valence-electron chi connectivity index (χ2n) is 3.87. The van der Waals surface area contributed by atoms with Gasteiger partial charge in [-0.3, -0.25) is 0 Å². The number of nitrogens with one attached hydrogen (secondary N) is 1. The fourth-order valence-electron chi connectivity index (χ4n) is 1.65. The predicted octanol–water partition coefficient (Wildman–Crippen LogP) is 1.08. The van der Waals surface area contributed by atoms with Gasteiger partial charge in [0.2, 0.25) is 0 Å². The Bertz CT molecular complexity index is 566. The Labute approximate surface area is 104 Å². The lowest BCUT2D eigenvalue weighted by atomic mass is 10.2. The summed E-state index contributed by atoms with van der Waals surface area (Å²) in [5.41, 5.74) is 0.131. The highest BCUT2D eigenvalue weighted by molar-refractivity contribution is 5.93. The summed E-state index contributed by atoms with van der Waals surface area (Å²) in [5.74, 6) is 0.00765. The van der Waals surface area contributed by atoms with Crippen molar-refractivity contribution < 1.29 is 9.90 Å². The van der Waals surface area contributed by atoms with Gasteiger partial charge in [-0.15, -0.1) is 10.2 Å². The third-order valence-corrected chi connectivity index (χ3v) is 2.53. The number of carboxylic acid groups (broad SMARTS) is 1. The van der Waals surface area contributed by atoms with Crippen LogP contribution in [0.15, 0.2) is 24.7 Å². The Balaban J connectivity index is 2.25. The van der Waals surface area contributed by atoms with Crippen LogP contribution in [0.25, 0.3) is 0 Å². The molecular formula is C11H13N5O2. The van der Waals surface area contributed by atoms with Crippen molar-refractivity contribution in [3.05, 3.63) is 36.0 Å². The highest BCUT2D eigenvalue weighted by atomic mass is 16.4. The summed E-state index contributed by atoms with van der Waals surface area (Å²) in [6.45, 7) is 1.87. The lowest BCUT2D eigenvalue weighted by Gasteiger charge is -2.14. The number of pyridine rings is 1. The molecule has 2 aromatic rings. The highest BCUT2D eigenvalue weighted by Crippen LogP contribution is 2.18. The van der Waals surface area contributed by atoms with Crippen LogP contribution in [0.3, 0.4) is 0 Å². The van der Waals surface area contributed by atoms with Gasteiger partial charge in [-0.25, -0.2) is 9.78 Å². The smallest absolute Gasteiger partial charge is 0.339 e. The first-order chi connectivity index (χ1) is 8.59. The monoisotopic (exact) mass is 247 g/mol. The number of hydrogen-bond acceptors (Lipinski definition) is 5. The van der Waals surface area contributed by atoms with Crippen LogP contribution in [0.1, 0.15) is 29.1 Å². The molecule has 7 heteroatoms. The summed E-state index contributed by atoms with van der Waals surface area (Å²) in [7, 11) is 1.82. The third-order valence-electron chi connectivity index (χ3n) is 2.53. The summed E-state index contributed by atoms with van der Waals surface area (Å²) >= 11 is 0. The fourth-order valence-corrected chi connectivity index (χ4v) is 1.65. The van der Waals surface area contributed by atoms with Crippen LogP contribution >= 0.6 is 0 Å². The number of aromatic nitrogens is 4. The third kappa shape index (κ3) is 2.29. The van der Waals surface area contributed by atoms with Crippen LogP contribution in [-0.4, -0.2) is 30.8 Å². The van der Waals surface area contributed by atoms with Crippen LogP contribution < -0.4 is 5.32 Å². The van der Waals surface area contributed by atoms with Crippen molar-refractivity contribution >= 4 is 11.8 Å². The van der Waals surface area contributed by atoms with E-state index in [4.69, 9.17) is 5.11 Å². The second kappa shape index (κ2) is 4.82. The largest absolute Gasteiger partial charge is 0.478 e. The molecule has 2 rings (SSSR count). The van der Waals surface area contributed by atoms with Crippen molar-refractivity contribution in [1.29, 1.82) is 0 Å². The number of hydrogen-bond donors (Lipinski definition) is 2. The fraction of sp³-hybridized carbons (Fsp3) is 0.273. The molecule has 0 aliphatic heterocycles. The van der Waals surface area contributed by atoms with Crippen molar-refractivity contribution in [3.63, 3.8) is 0 Å². The van der Waals surface area contributed by atoms with Crippen molar-refractivity contribution in [2.75, 3.05) is 5.32 Å². The lowest BCUT2D eigenvalue weighted by molar-refractivity contribution is 0.0697. The maximum absolute atomic E-state index is 11.0. The number of aryl methyl sites for hydroxylation is 1. The van der Waals surface area contributed by atoms with E-state index < -0.39 is 5.97 Å². The number of nitrogens with zero attached hydrogens (tertiary/aromatic N) is 4. The van der Waals surface area contributed by atoms with E-state index in [-0.39, 0.29) is 11.6 Å². The average Bonchev–Trinajstić information content (AvgIpc) is 2.76. The van der Waals surface area contributed by atoms with E-state index in [0.29, 0.717) is 11.6 Å². The van der Waals surface area contributed by atoms with Crippen LogP contribution in [0, 0.1) is 0 Å². The van der Waals surface area contributed by atoms with Gasteiger partial charge in [-0.1, -0.05) is 0 Å². The lowest BCUT2D eigenvalue weighted by Crippen LogP contribution is -2.15. The molecule has 0 fully saturated rings. The van der Waals surface area contributed by atoms with E-state index in [1.165, 1.54) is 12.3 Å². The van der Waals surface area contributed by atoms with Gasteiger partial charge < -0.3 is 15.0 Å². The molecule has 7 nitrogen and oxygen atoms in total. The maximum atomic E-state index is 11.0. The minimum atomic E-state index is -1.02. The van der Waals surface area contributed by atoms with Crippen molar-refractivity contribution in [2.45, 2.75) is 13.0 Å². The molecule has 0 amide bonds. The Morgan fingerprint density at radius 2 is 2.33 bits per heavy atom. The average molecular weight is 247 g/mol. The molecule has 1 unspecified atom stereocenters. The Hall–Kier alpha value is -2.44. The first-order valence-corrected chi connectivity index (χ1v) is 5.38. The van der Waals surface area contributed by atoms with Crippen LogP contribution in [0.4, 0.5) is 5.82 Å². The van der Waals surface area contributed by atoms with Gasteiger partial charge in [0.05, 0.1) is 6.04 Å². The van der Waals surface area contributed by atoms with Gasteiger partial charge in [-0.05, 0) is 19.1 Å². The zero-order valence-corrected chi connectivity index (χ0v) is 10.0. The Morgan fingerprint density at radius 1 is 1.56 bits per heavy atom. The van der Waals surface area contributed by atoms with Crippen LogP contribution in [0.5, 0.6) is 0 Å². The molecule has 0 saturated heterocycles. The minimum absolute atomic E-state index is 0.131. The summed E-state index contributed by atoms with van der Waals surface area (Å²) in [5, 5.41) is 19.8. The Kier molecular flexibility index (Phi) is 3.22. The Morgan fingerprint density at radius 3 is 2.94 bits per heavy atom. The van der Waals surface area contributed by atoms with Crippen molar-refractivity contribution in [3.8, 4) is 0 Å². The molecule has 0 aromatic carbocycles. The molecule has 0 radical (unpaired) electrons. The predicted molar refractivity (Wildman–Crippen MR) is 64.2 cm³/mol. The molecule has 2 heterocycles. The van der Waals surface area contributed by atoms with Crippen LogP contribution in [-0.2, 0) is 7.05 Å². The van der Waals surface area contributed by atoms with Gasteiger partial charge in [-0.2, -0.15) is 0 Å². The minimum Gasteiger partial charge on any atom is -0.478 e. The molecule has 2 N–H and O–H groups in total. The quantitative estimate of drug-likeness (QED) is 0.839. The molecule has 0 spiro atoms. The summed E-state index contributed by atoms with van der Waals surface area (Å²) in [6, 6.07) is 2.90. The van der Waals surface area contributed by atoms with Gasteiger partial charge >= 0.3 is 5.97 Å². The van der Waals surface area contributed by atoms with Crippen LogP contribution in [0.2, 0.25) is 0 Å². The standard InChI is InChI=1S/C11H13N5O2/c1-7(10-15-13-6-16(10)2)14-9-8(11(17)18)4-3-5-12-9/h3-7H,1-2H3,(H,12,14)(H,17,18). The summed E-state index contributed by atoms with van der Waals surface area (Å²) in [6.07, 6.45) is 3.13. The van der Waals surface area contributed by atoms with E-state index in [9.17, 15) is 4.79 Å². The molecular weight excluding hydrogens is 234 g/mol.